The fourth-order valence-corrected chi connectivity index (χ4v) is 1.30. The molecule has 0 saturated carbocycles. The van der Waals surface area contributed by atoms with Crippen molar-refractivity contribution in [3.63, 3.8) is 0 Å². The highest BCUT2D eigenvalue weighted by Crippen LogP contribution is 2.09. The zero-order chi connectivity index (χ0) is 9.10. The van der Waals surface area contributed by atoms with E-state index in [0.29, 0.717) is 19.2 Å². The maximum Gasteiger partial charge on any atom is 0.229 e. The lowest BCUT2D eigenvalue weighted by atomic mass is 10.4. The van der Waals surface area contributed by atoms with E-state index in [2.05, 4.69) is 15.0 Å². The number of nitrogens with zero attached hydrogens (tertiary/aromatic N) is 4. The third kappa shape index (κ3) is 2.05. The van der Waals surface area contributed by atoms with Gasteiger partial charge in [0.15, 0.2) is 0 Å². The van der Waals surface area contributed by atoms with Crippen LogP contribution in [0.4, 0.5) is 5.95 Å². The highest BCUT2D eigenvalue weighted by atomic mass is 35.5. The standard InChI is InChI=1S/C7H9ClN4O/c8-6-9-5-10-7(11-6)12-1-3-13-4-2-12/h5H,1-4H2. The average molecular weight is 201 g/mol. The molecule has 1 aliphatic rings. The van der Waals surface area contributed by atoms with Gasteiger partial charge in [0.1, 0.15) is 6.33 Å². The van der Waals surface area contributed by atoms with Gasteiger partial charge in [-0.3, -0.25) is 0 Å². The van der Waals surface area contributed by atoms with Gasteiger partial charge in [0, 0.05) is 13.1 Å². The Morgan fingerprint density at radius 1 is 1.31 bits per heavy atom. The van der Waals surface area contributed by atoms with E-state index in [9.17, 15) is 0 Å². The SMILES string of the molecule is Clc1ncnc(N2CCOCC2)n1. The molecule has 0 unspecified atom stereocenters. The van der Waals surface area contributed by atoms with Crippen molar-refractivity contribution in [1.29, 1.82) is 0 Å². The molecule has 0 aromatic carbocycles. The number of anilines is 1. The van der Waals surface area contributed by atoms with E-state index >= 15 is 0 Å². The lowest BCUT2D eigenvalue weighted by molar-refractivity contribution is 0.122. The van der Waals surface area contributed by atoms with Crippen LogP contribution in [0.2, 0.25) is 5.28 Å². The van der Waals surface area contributed by atoms with E-state index in [-0.39, 0.29) is 5.28 Å². The second kappa shape index (κ2) is 3.85. The predicted octanol–water partition coefficient (Wildman–Crippen LogP) is 0.362. The molecule has 0 atom stereocenters. The molecule has 1 fully saturated rings. The number of ether oxygens (including phenoxy) is 1. The fraction of sp³-hybridized carbons (Fsp3) is 0.571. The molecule has 6 heteroatoms. The van der Waals surface area contributed by atoms with Crippen molar-refractivity contribution in [2.24, 2.45) is 0 Å². The van der Waals surface area contributed by atoms with Gasteiger partial charge >= 0.3 is 0 Å². The Kier molecular flexibility index (Phi) is 2.56. The van der Waals surface area contributed by atoms with Gasteiger partial charge in [-0.05, 0) is 11.6 Å². The summed E-state index contributed by atoms with van der Waals surface area (Å²) in [6.45, 7) is 3.04. The molecule has 2 rings (SSSR count). The molecule has 0 N–H and O–H groups in total. The minimum Gasteiger partial charge on any atom is -0.378 e. The predicted molar refractivity (Wildman–Crippen MR) is 47.9 cm³/mol. The molecule has 0 radical (unpaired) electrons. The molecule has 0 bridgehead atoms. The van der Waals surface area contributed by atoms with Crippen LogP contribution in [0.15, 0.2) is 6.33 Å². The first kappa shape index (κ1) is 8.65. The van der Waals surface area contributed by atoms with Crippen LogP contribution in [0.3, 0.4) is 0 Å². The Bertz CT molecular complexity index is 290. The summed E-state index contributed by atoms with van der Waals surface area (Å²) in [6, 6.07) is 0. The van der Waals surface area contributed by atoms with Gasteiger partial charge in [-0.2, -0.15) is 4.98 Å². The van der Waals surface area contributed by atoms with Gasteiger partial charge < -0.3 is 9.64 Å². The van der Waals surface area contributed by atoms with Gasteiger partial charge in [-0.1, -0.05) is 0 Å². The van der Waals surface area contributed by atoms with Crippen LogP contribution in [-0.2, 0) is 4.74 Å². The van der Waals surface area contributed by atoms with Crippen LogP contribution in [0, 0.1) is 0 Å². The zero-order valence-electron chi connectivity index (χ0n) is 6.98. The first-order chi connectivity index (χ1) is 6.36. The zero-order valence-corrected chi connectivity index (χ0v) is 7.74. The van der Waals surface area contributed by atoms with Crippen molar-refractivity contribution in [2.45, 2.75) is 0 Å². The molecule has 1 aliphatic heterocycles. The summed E-state index contributed by atoms with van der Waals surface area (Å²) in [5, 5.41) is 0.233. The summed E-state index contributed by atoms with van der Waals surface area (Å²) in [7, 11) is 0. The molecule has 1 aromatic rings. The summed E-state index contributed by atoms with van der Waals surface area (Å²) in [4.78, 5) is 13.8. The van der Waals surface area contributed by atoms with E-state index in [4.69, 9.17) is 16.3 Å². The molecule has 2 heterocycles. The summed E-state index contributed by atoms with van der Waals surface area (Å²) in [5.41, 5.74) is 0. The number of halogens is 1. The number of morpholine rings is 1. The molecule has 0 aliphatic carbocycles. The Labute approximate surface area is 80.7 Å². The van der Waals surface area contributed by atoms with Gasteiger partial charge in [-0.15, -0.1) is 0 Å². The van der Waals surface area contributed by atoms with Crippen LogP contribution in [0.5, 0.6) is 0 Å². The maximum atomic E-state index is 5.64. The minimum absolute atomic E-state index is 0.233. The van der Waals surface area contributed by atoms with Gasteiger partial charge in [0.2, 0.25) is 11.2 Å². The molecule has 1 saturated heterocycles. The van der Waals surface area contributed by atoms with Crippen LogP contribution in [-0.4, -0.2) is 41.3 Å². The van der Waals surface area contributed by atoms with Crippen molar-refractivity contribution in [3.05, 3.63) is 11.6 Å². The number of rotatable bonds is 1. The molecule has 0 spiro atoms. The smallest absolute Gasteiger partial charge is 0.229 e. The van der Waals surface area contributed by atoms with E-state index in [0.717, 1.165) is 13.1 Å². The quantitative estimate of drug-likeness (QED) is 0.655. The second-order valence-corrected chi connectivity index (χ2v) is 2.99. The summed E-state index contributed by atoms with van der Waals surface area (Å²) < 4.78 is 5.21. The number of aromatic nitrogens is 3. The Morgan fingerprint density at radius 3 is 2.77 bits per heavy atom. The number of hydrogen-bond acceptors (Lipinski definition) is 5. The molecular weight excluding hydrogens is 192 g/mol. The van der Waals surface area contributed by atoms with Crippen LogP contribution in [0.1, 0.15) is 0 Å². The van der Waals surface area contributed by atoms with E-state index < -0.39 is 0 Å². The van der Waals surface area contributed by atoms with Crippen LogP contribution < -0.4 is 4.90 Å². The summed E-state index contributed by atoms with van der Waals surface area (Å²) in [6.07, 6.45) is 1.42. The third-order valence-electron chi connectivity index (χ3n) is 1.82. The summed E-state index contributed by atoms with van der Waals surface area (Å²) in [5.74, 6) is 0.628. The fourth-order valence-electron chi connectivity index (χ4n) is 1.18. The average Bonchev–Trinajstić information content (AvgIpc) is 2.19. The Morgan fingerprint density at radius 2 is 2.08 bits per heavy atom. The highest BCUT2D eigenvalue weighted by molar-refractivity contribution is 6.28. The summed E-state index contributed by atoms with van der Waals surface area (Å²) >= 11 is 5.64. The maximum absolute atomic E-state index is 5.64. The van der Waals surface area contributed by atoms with Crippen molar-refractivity contribution in [1.82, 2.24) is 15.0 Å². The second-order valence-electron chi connectivity index (χ2n) is 2.65. The molecule has 1 aromatic heterocycles. The Balaban J connectivity index is 2.14. The van der Waals surface area contributed by atoms with E-state index in [1.165, 1.54) is 6.33 Å². The molecule has 0 amide bonds. The molecular formula is C7H9ClN4O. The van der Waals surface area contributed by atoms with Gasteiger partial charge in [0.25, 0.3) is 0 Å². The van der Waals surface area contributed by atoms with Crippen molar-refractivity contribution < 1.29 is 4.74 Å². The van der Waals surface area contributed by atoms with Gasteiger partial charge in [0.05, 0.1) is 13.2 Å². The van der Waals surface area contributed by atoms with E-state index in [1.54, 1.807) is 0 Å². The van der Waals surface area contributed by atoms with Crippen LogP contribution >= 0.6 is 11.6 Å². The van der Waals surface area contributed by atoms with Crippen molar-refractivity contribution in [3.8, 4) is 0 Å². The van der Waals surface area contributed by atoms with Crippen molar-refractivity contribution in [2.75, 3.05) is 31.2 Å². The lowest BCUT2D eigenvalue weighted by Crippen LogP contribution is -2.37. The first-order valence-electron chi connectivity index (χ1n) is 4.03. The number of hydrogen-bond donors (Lipinski definition) is 0. The van der Waals surface area contributed by atoms with Gasteiger partial charge in [-0.25, -0.2) is 9.97 Å². The minimum atomic E-state index is 0.233. The topological polar surface area (TPSA) is 51.1 Å². The third-order valence-corrected chi connectivity index (χ3v) is 2.01. The molecule has 5 nitrogen and oxygen atoms in total. The highest BCUT2D eigenvalue weighted by Gasteiger charge is 2.13. The largest absolute Gasteiger partial charge is 0.378 e. The molecule has 70 valence electrons. The monoisotopic (exact) mass is 200 g/mol. The first-order valence-corrected chi connectivity index (χ1v) is 4.41. The van der Waals surface area contributed by atoms with E-state index in [1.807, 2.05) is 4.90 Å². The lowest BCUT2D eigenvalue weighted by Gasteiger charge is -2.26. The molecule has 13 heavy (non-hydrogen) atoms. The normalized spacial score (nSPS) is 17.5. The van der Waals surface area contributed by atoms with Crippen molar-refractivity contribution >= 4 is 17.5 Å². The Hall–Kier alpha value is -0.940. The van der Waals surface area contributed by atoms with Crippen LogP contribution in [0.25, 0.3) is 0 Å².